The van der Waals surface area contributed by atoms with E-state index in [0.29, 0.717) is 11.5 Å². The van der Waals surface area contributed by atoms with Crippen molar-refractivity contribution in [2.75, 3.05) is 19.6 Å². The predicted molar refractivity (Wildman–Crippen MR) is 90.8 cm³/mol. The number of fused-ring (bicyclic) bond motifs is 1. The van der Waals surface area contributed by atoms with E-state index < -0.39 is 0 Å². The van der Waals surface area contributed by atoms with Crippen molar-refractivity contribution < 1.29 is 9.47 Å². The summed E-state index contributed by atoms with van der Waals surface area (Å²) in [5.74, 6) is 1.38. The molecule has 23 heavy (non-hydrogen) atoms. The van der Waals surface area contributed by atoms with Gasteiger partial charge in [-0.2, -0.15) is 0 Å². The van der Waals surface area contributed by atoms with Gasteiger partial charge >= 0.3 is 0 Å². The molecule has 0 saturated heterocycles. The molecule has 0 spiro atoms. The highest BCUT2D eigenvalue weighted by molar-refractivity contribution is 5.72. The molecule has 0 aliphatic rings. The van der Waals surface area contributed by atoms with Gasteiger partial charge in [-0.3, -0.25) is 0 Å². The molecule has 0 saturated carbocycles. The van der Waals surface area contributed by atoms with Crippen molar-refractivity contribution in [3.63, 3.8) is 0 Å². The van der Waals surface area contributed by atoms with Crippen LogP contribution in [-0.4, -0.2) is 34.0 Å². The van der Waals surface area contributed by atoms with Crippen LogP contribution in [0.1, 0.15) is 20.8 Å². The third-order valence-electron chi connectivity index (χ3n) is 3.44. The molecule has 3 aromatic rings. The summed E-state index contributed by atoms with van der Waals surface area (Å²) in [5, 5.41) is 0. The van der Waals surface area contributed by atoms with Gasteiger partial charge in [0.25, 0.3) is 0 Å². The zero-order chi connectivity index (χ0) is 16.6. The number of aromatic nitrogens is 3. The standard InChI is InChI=1S/C17H22N4O2/c1-17(2,3)19-21-10-9-15-18-13(11-20(15)21)12-7-6-8-14(22-4)16(12)23-5/h6-11,19H,1-5H3. The fraction of sp³-hybridized carbons (Fsp3) is 0.353. The zero-order valence-corrected chi connectivity index (χ0v) is 14.1. The van der Waals surface area contributed by atoms with E-state index in [1.807, 2.05) is 46.0 Å². The van der Waals surface area contributed by atoms with E-state index >= 15 is 0 Å². The number of rotatable bonds is 4. The van der Waals surface area contributed by atoms with E-state index in [1.165, 1.54) is 0 Å². The van der Waals surface area contributed by atoms with Gasteiger partial charge < -0.3 is 14.9 Å². The summed E-state index contributed by atoms with van der Waals surface area (Å²) in [6.45, 7) is 6.34. The molecule has 0 atom stereocenters. The van der Waals surface area contributed by atoms with Crippen molar-refractivity contribution in [2.45, 2.75) is 26.3 Å². The summed E-state index contributed by atoms with van der Waals surface area (Å²) >= 11 is 0. The first-order chi connectivity index (χ1) is 10.9. The molecular formula is C17H22N4O2. The van der Waals surface area contributed by atoms with Crippen LogP contribution < -0.4 is 14.9 Å². The van der Waals surface area contributed by atoms with Crippen molar-refractivity contribution in [3.05, 3.63) is 36.7 Å². The molecule has 0 unspecified atom stereocenters. The Morgan fingerprint density at radius 1 is 1.09 bits per heavy atom. The number of para-hydroxylation sites is 1. The number of benzene rings is 1. The van der Waals surface area contributed by atoms with Crippen LogP contribution in [0.25, 0.3) is 16.9 Å². The number of methoxy groups -OCH3 is 2. The molecule has 1 N–H and O–H groups in total. The lowest BCUT2D eigenvalue weighted by Gasteiger charge is -2.23. The van der Waals surface area contributed by atoms with Gasteiger partial charge in [-0.25, -0.2) is 14.3 Å². The van der Waals surface area contributed by atoms with Crippen molar-refractivity contribution in [3.8, 4) is 22.8 Å². The first-order valence-electron chi connectivity index (χ1n) is 7.49. The Morgan fingerprint density at radius 2 is 1.87 bits per heavy atom. The normalized spacial score (nSPS) is 11.7. The molecule has 0 amide bonds. The Morgan fingerprint density at radius 3 is 2.52 bits per heavy atom. The van der Waals surface area contributed by atoms with Crippen molar-refractivity contribution in [2.24, 2.45) is 0 Å². The van der Waals surface area contributed by atoms with Gasteiger partial charge in [0.15, 0.2) is 17.1 Å². The molecule has 6 heteroatoms. The molecule has 6 nitrogen and oxygen atoms in total. The van der Waals surface area contributed by atoms with Gasteiger partial charge in [0.2, 0.25) is 0 Å². The summed E-state index contributed by atoms with van der Waals surface area (Å²) in [7, 11) is 3.27. The molecule has 0 aliphatic heterocycles. The fourth-order valence-corrected chi connectivity index (χ4v) is 2.53. The van der Waals surface area contributed by atoms with Crippen LogP contribution in [0.2, 0.25) is 0 Å². The molecule has 122 valence electrons. The number of ether oxygens (including phenoxy) is 2. The first-order valence-corrected chi connectivity index (χ1v) is 7.49. The second kappa shape index (κ2) is 5.53. The van der Waals surface area contributed by atoms with E-state index in [0.717, 1.165) is 16.9 Å². The largest absolute Gasteiger partial charge is 0.493 e. The van der Waals surface area contributed by atoms with Crippen LogP contribution in [0.15, 0.2) is 36.7 Å². The van der Waals surface area contributed by atoms with Crippen LogP contribution in [0.5, 0.6) is 11.5 Å². The third kappa shape index (κ3) is 2.84. The van der Waals surface area contributed by atoms with Gasteiger partial charge in [0, 0.05) is 23.4 Å². The third-order valence-corrected chi connectivity index (χ3v) is 3.44. The van der Waals surface area contributed by atoms with E-state index in [4.69, 9.17) is 9.47 Å². The van der Waals surface area contributed by atoms with Crippen LogP contribution in [0.3, 0.4) is 0 Å². The highest BCUT2D eigenvalue weighted by Crippen LogP contribution is 2.37. The summed E-state index contributed by atoms with van der Waals surface area (Å²) in [6.07, 6.45) is 3.94. The maximum Gasteiger partial charge on any atom is 0.170 e. The Hall–Kier alpha value is -2.63. The minimum Gasteiger partial charge on any atom is -0.493 e. The van der Waals surface area contributed by atoms with Crippen LogP contribution in [-0.2, 0) is 0 Å². The fourth-order valence-electron chi connectivity index (χ4n) is 2.53. The van der Waals surface area contributed by atoms with Crippen LogP contribution >= 0.6 is 0 Å². The average Bonchev–Trinajstić information content (AvgIpc) is 3.07. The predicted octanol–water partition coefficient (Wildman–Crippen LogP) is 3.16. The van der Waals surface area contributed by atoms with Crippen molar-refractivity contribution in [1.29, 1.82) is 0 Å². The van der Waals surface area contributed by atoms with Crippen molar-refractivity contribution in [1.82, 2.24) is 14.3 Å². The Balaban J connectivity index is 2.08. The minimum absolute atomic E-state index is 0.0515. The molecule has 3 rings (SSSR count). The Labute approximate surface area is 135 Å². The van der Waals surface area contributed by atoms with Crippen LogP contribution in [0, 0.1) is 0 Å². The zero-order valence-electron chi connectivity index (χ0n) is 14.1. The monoisotopic (exact) mass is 314 g/mol. The summed E-state index contributed by atoms with van der Waals surface area (Å²) < 4.78 is 12.8. The molecule has 2 aromatic heterocycles. The number of hydrogen-bond donors (Lipinski definition) is 1. The summed E-state index contributed by atoms with van der Waals surface area (Å²) in [6, 6.07) is 7.75. The number of imidazole rings is 1. The molecule has 0 bridgehead atoms. The first kappa shape index (κ1) is 15.3. The SMILES string of the molecule is COc1cccc(-c2cn3c(ccn3NC(C)(C)C)n2)c1OC. The lowest BCUT2D eigenvalue weighted by atomic mass is 10.1. The lowest BCUT2D eigenvalue weighted by Crippen LogP contribution is -2.35. The summed E-state index contributed by atoms with van der Waals surface area (Å²) in [4.78, 5) is 6.61. The highest BCUT2D eigenvalue weighted by Gasteiger charge is 2.16. The minimum atomic E-state index is -0.0515. The van der Waals surface area contributed by atoms with E-state index in [1.54, 1.807) is 14.2 Å². The Bertz CT molecular complexity index is 827. The molecule has 0 aliphatic carbocycles. The quantitative estimate of drug-likeness (QED) is 0.804. The molecule has 1 aromatic carbocycles. The highest BCUT2D eigenvalue weighted by atomic mass is 16.5. The van der Waals surface area contributed by atoms with Gasteiger partial charge in [-0.1, -0.05) is 6.07 Å². The maximum atomic E-state index is 5.51. The number of hydrogen-bond acceptors (Lipinski definition) is 4. The molecule has 0 radical (unpaired) electrons. The van der Waals surface area contributed by atoms with Gasteiger partial charge in [0.05, 0.1) is 26.1 Å². The average molecular weight is 314 g/mol. The van der Waals surface area contributed by atoms with Gasteiger partial charge in [-0.15, -0.1) is 0 Å². The van der Waals surface area contributed by atoms with Crippen LogP contribution in [0.4, 0.5) is 0 Å². The topological polar surface area (TPSA) is 52.7 Å². The smallest absolute Gasteiger partial charge is 0.170 e. The lowest BCUT2D eigenvalue weighted by molar-refractivity contribution is 0.356. The molecule has 2 heterocycles. The number of nitrogens with one attached hydrogen (secondary N) is 1. The van der Waals surface area contributed by atoms with Crippen molar-refractivity contribution >= 4 is 5.65 Å². The maximum absolute atomic E-state index is 5.51. The van der Waals surface area contributed by atoms with Gasteiger partial charge in [0.1, 0.15) is 0 Å². The second-order valence-electron chi connectivity index (χ2n) is 6.39. The summed E-state index contributed by atoms with van der Waals surface area (Å²) in [5.41, 5.74) is 5.95. The Kier molecular flexibility index (Phi) is 3.67. The molecule has 0 fully saturated rings. The van der Waals surface area contributed by atoms with E-state index in [9.17, 15) is 0 Å². The molecular weight excluding hydrogens is 292 g/mol. The second-order valence-corrected chi connectivity index (χ2v) is 6.39. The van der Waals surface area contributed by atoms with E-state index in [2.05, 4.69) is 31.2 Å². The van der Waals surface area contributed by atoms with Gasteiger partial charge in [-0.05, 0) is 32.9 Å². The van der Waals surface area contributed by atoms with E-state index in [-0.39, 0.29) is 5.54 Å². The number of nitrogens with zero attached hydrogens (tertiary/aromatic N) is 3.